The molecule has 124 valence electrons. The second-order valence-electron chi connectivity index (χ2n) is 4.36. The molecule has 0 saturated heterocycles. The number of nitrogens with one attached hydrogen (secondary N) is 1. The number of anilines is 1. The summed E-state index contributed by atoms with van der Waals surface area (Å²) in [7, 11) is 0. The molecule has 0 unspecified atom stereocenters. The van der Waals surface area contributed by atoms with E-state index in [4.69, 9.17) is 39.1 Å². The number of nitrogens with zero attached hydrogens (tertiary/aromatic N) is 3. The molecule has 0 aliphatic heterocycles. The van der Waals surface area contributed by atoms with Crippen molar-refractivity contribution in [2.45, 2.75) is 33.8 Å². The van der Waals surface area contributed by atoms with Crippen LogP contribution in [0.4, 0.5) is 5.69 Å². The lowest BCUT2D eigenvalue weighted by Gasteiger charge is -2.16. The first kappa shape index (κ1) is 19.1. The second-order valence-corrected chi connectivity index (χ2v) is 5.17. The molecular weight excluding hydrogens is 337 g/mol. The SMILES string of the molecule is CC.CC(=N)c1nc(O[C@H](C)c2c(Cl)cncc2Cl)ncc1N. The van der Waals surface area contributed by atoms with Crippen LogP contribution in [0, 0.1) is 5.41 Å². The number of aromatic nitrogens is 3. The first-order valence-corrected chi connectivity index (χ1v) is 7.79. The number of hydrogen-bond donors (Lipinski definition) is 2. The van der Waals surface area contributed by atoms with Gasteiger partial charge in [-0.15, -0.1) is 0 Å². The summed E-state index contributed by atoms with van der Waals surface area (Å²) in [5, 5.41) is 8.41. The Kier molecular flexibility index (Phi) is 7.19. The van der Waals surface area contributed by atoms with Gasteiger partial charge in [-0.25, -0.2) is 4.98 Å². The van der Waals surface area contributed by atoms with E-state index in [1.54, 1.807) is 13.8 Å². The van der Waals surface area contributed by atoms with E-state index in [0.717, 1.165) is 0 Å². The molecular formula is C15H19Cl2N5O. The Hall–Kier alpha value is -1.92. The van der Waals surface area contributed by atoms with Gasteiger partial charge in [-0.2, -0.15) is 4.98 Å². The van der Waals surface area contributed by atoms with Crippen LogP contribution in [0.1, 0.15) is 45.1 Å². The average Bonchev–Trinajstić information content (AvgIpc) is 2.50. The predicted molar refractivity (Wildman–Crippen MR) is 93.6 cm³/mol. The van der Waals surface area contributed by atoms with Crippen molar-refractivity contribution in [2.24, 2.45) is 0 Å². The minimum Gasteiger partial charge on any atom is -0.455 e. The zero-order chi connectivity index (χ0) is 17.6. The molecule has 23 heavy (non-hydrogen) atoms. The van der Waals surface area contributed by atoms with E-state index in [1.807, 2.05) is 13.8 Å². The molecule has 0 aromatic carbocycles. The van der Waals surface area contributed by atoms with Gasteiger partial charge in [0.05, 0.1) is 27.6 Å². The van der Waals surface area contributed by atoms with Crippen LogP contribution < -0.4 is 10.5 Å². The van der Waals surface area contributed by atoms with Crippen molar-refractivity contribution in [2.75, 3.05) is 5.73 Å². The van der Waals surface area contributed by atoms with Gasteiger partial charge in [0.15, 0.2) is 0 Å². The third-order valence-electron chi connectivity index (χ3n) is 2.73. The zero-order valence-corrected chi connectivity index (χ0v) is 14.9. The fraction of sp³-hybridized carbons (Fsp3) is 0.333. The highest BCUT2D eigenvalue weighted by molar-refractivity contribution is 6.35. The maximum Gasteiger partial charge on any atom is 0.317 e. The number of ether oxygens (including phenoxy) is 1. The first-order chi connectivity index (χ1) is 10.9. The zero-order valence-electron chi connectivity index (χ0n) is 13.4. The fourth-order valence-corrected chi connectivity index (χ4v) is 2.43. The summed E-state index contributed by atoms with van der Waals surface area (Å²) in [5.74, 6) is 0. The van der Waals surface area contributed by atoms with Crippen LogP contribution in [0.3, 0.4) is 0 Å². The van der Waals surface area contributed by atoms with Crippen molar-refractivity contribution in [3.8, 4) is 6.01 Å². The van der Waals surface area contributed by atoms with Crippen LogP contribution in [0.15, 0.2) is 18.6 Å². The van der Waals surface area contributed by atoms with E-state index < -0.39 is 6.10 Å². The summed E-state index contributed by atoms with van der Waals surface area (Å²) in [4.78, 5) is 12.0. The van der Waals surface area contributed by atoms with Gasteiger partial charge in [0.1, 0.15) is 11.8 Å². The molecule has 2 aromatic rings. The van der Waals surface area contributed by atoms with Crippen molar-refractivity contribution in [1.82, 2.24) is 15.0 Å². The normalized spacial score (nSPS) is 11.2. The molecule has 8 heteroatoms. The van der Waals surface area contributed by atoms with Crippen LogP contribution in [0.5, 0.6) is 6.01 Å². The molecule has 0 radical (unpaired) electrons. The van der Waals surface area contributed by atoms with Gasteiger partial charge in [-0.05, 0) is 13.8 Å². The van der Waals surface area contributed by atoms with Crippen molar-refractivity contribution in [1.29, 1.82) is 5.41 Å². The largest absolute Gasteiger partial charge is 0.455 e. The lowest BCUT2D eigenvalue weighted by molar-refractivity contribution is 0.207. The third kappa shape index (κ3) is 4.77. The monoisotopic (exact) mass is 355 g/mol. The number of hydrogen-bond acceptors (Lipinski definition) is 6. The Morgan fingerprint density at radius 1 is 1.22 bits per heavy atom. The Labute approximate surface area is 145 Å². The molecule has 0 fully saturated rings. The van der Waals surface area contributed by atoms with E-state index in [0.29, 0.717) is 27.0 Å². The molecule has 2 heterocycles. The van der Waals surface area contributed by atoms with Crippen molar-refractivity contribution in [3.05, 3.63) is 39.9 Å². The van der Waals surface area contributed by atoms with Crippen LogP contribution in [-0.2, 0) is 0 Å². The van der Waals surface area contributed by atoms with Gasteiger partial charge in [-0.3, -0.25) is 4.98 Å². The quantitative estimate of drug-likeness (QED) is 0.796. The number of nitrogen functional groups attached to an aromatic ring is 1. The Morgan fingerprint density at radius 3 is 2.30 bits per heavy atom. The summed E-state index contributed by atoms with van der Waals surface area (Å²) in [6.07, 6.45) is 3.90. The van der Waals surface area contributed by atoms with Gasteiger partial charge >= 0.3 is 6.01 Å². The van der Waals surface area contributed by atoms with Crippen molar-refractivity contribution in [3.63, 3.8) is 0 Å². The van der Waals surface area contributed by atoms with Gasteiger partial charge in [-0.1, -0.05) is 37.0 Å². The molecule has 0 aliphatic carbocycles. The molecule has 0 bridgehead atoms. The van der Waals surface area contributed by atoms with E-state index in [2.05, 4.69) is 15.0 Å². The van der Waals surface area contributed by atoms with Crippen LogP contribution >= 0.6 is 23.2 Å². The highest BCUT2D eigenvalue weighted by atomic mass is 35.5. The van der Waals surface area contributed by atoms with E-state index in [9.17, 15) is 0 Å². The Balaban J connectivity index is 0.00000127. The Morgan fingerprint density at radius 2 is 1.78 bits per heavy atom. The Bertz CT molecular complexity index is 673. The maximum atomic E-state index is 7.61. The number of pyridine rings is 1. The van der Waals surface area contributed by atoms with Gasteiger partial charge in [0.2, 0.25) is 0 Å². The standard InChI is InChI=1S/C13H13Cl2N5O.C2H6/c1-6(16)12-10(17)5-19-13(20-12)21-7(2)11-8(14)3-18-4-9(11)15;1-2/h3-5,7,16H,17H2,1-2H3;1-2H3/t7-;/m1./s1. The van der Waals surface area contributed by atoms with E-state index in [1.165, 1.54) is 18.6 Å². The second kappa shape index (κ2) is 8.64. The number of nitrogens with two attached hydrogens (primary N) is 1. The van der Waals surface area contributed by atoms with Crippen molar-refractivity contribution >= 4 is 34.6 Å². The maximum absolute atomic E-state index is 7.61. The molecule has 1 atom stereocenters. The van der Waals surface area contributed by atoms with Crippen LogP contribution in [-0.4, -0.2) is 20.7 Å². The van der Waals surface area contributed by atoms with E-state index in [-0.39, 0.29) is 11.7 Å². The summed E-state index contributed by atoms with van der Waals surface area (Å²) >= 11 is 12.2. The third-order valence-corrected chi connectivity index (χ3v) is 3.33. The summed E-state index contributed by atoms with van der Waals surface area (Å²) in [6, 6.07) is 0.0993. The number of halogens is 2. The lowest BCUT2D eigenvalue weighted by Crippen LogP contribution is -2.11. The fourth-order valence-electron chi connectivity index (χ4n) is 1.76. The minimum atomic E-state index is -0.476. The highest BCUT2D eigenvalue weighted by Gasteiger charge is 2.18. The molecule has 0 amide bonds. The first-order valence-electron chi connectivity index (χ1n) is 7.03. The molecule has 2 aromatic heterocycles. The van der Waals surface area contributed by atoms with E-state index >= 15 is 0 Å². The average molecular weight is 356 g/mol. The minimum absolute atomic E-state index is 0.0993. The smallest absolute Gasteiger partial charge is 0.317 e. The van der Waals surface area contributed by atoms with Crippen molar-refractivity contribution < 1.29 is 4.74 Å². The number of rotatable bonds is 4. The molecule has 0 saturated carbocycles. The summed E-state index contributed by atoms with van der Waals surface area (Å²) < 4.78 is 5.64. The topological polar surface area (TPSA) is 97.8 Å². The summed E-state index contributed by atoms with van der Waals surface area (Å²) in [6.45, 7) is 7.35. The molecule has 3 N–H and O–H groups in total. The molecule has 6 nitrogen and oxygen atoms in total. The molecule has 0 spiro atoms. The van der Waals surface area contributed by atoms with Gasteiger partial charge in [0.25, 0.3) is 0 Å². The summed E-state index contributed by atoms with van der Waals surface area (Å²) in [5.41, 5.74) is 7.19. The molecule has 0 aliphatic rings. The van der Waals surface area contributed by atoms with Crippen LogP contribution in [0.2, 0.25) is 10.0 Å². The lowest BCUT2D eigenvalue weighted by atomic mass is 10.2. The van der Waals surface area contributed by atoms with Crippen LogP contribution in [0.25, 0.3) is 0 Å². The predicted octanol–water partition coefficient (Wildman–Crippen LogP) is 4.31. The highest BCUT2D eigenvalue weighted by Crippen LogP contribution is 2.31. The molecule has 2 rings (SSSR count). The van der Waals surface area contributed by atoms with Gasteiger partial charge < -0.3 is 15.9 Å². The van der Waals surface area contributed by atoms with Gasteiger partial charge in [0, 0.05) is 18.0 Å².